The number of amides is 1. The third-order valence-electron chi connectivity index (χ3n) is 4.47. The molecule has 1 saturated carbocycles. The van der Waals surface area contributed by atoms with Crippen molar-refractivity contribution in [3.8, 4) is 5.75 Å². The van der Waals surface area contributed by atoms with Crippen molar-refractivity contribution in [1.29, 1.82) is 0 Å². The lowest BCUT2D eigenvalue weighted by molar-refractivity contribution is -0.122. The number of morpholine rings is 1. The normalized spacial score (nSPS) is 22.0. The van der Waals surface area contributed by atoms with Crippen LogP contribution in [-0.4, -0.2) is 37.8 Å². The van der Waals surface area contributed by atoms with Gasteiger partial charge in [0.1, 0.15) is 5.75 Å². The first-order valence-corrected chi connectivity index (χ1v) is 8.63. The minimum absolute atomic E-state index is 0.0451. The van der Waals surface area contributed by atoms with Crippen LogP contribution in [0, 0.1) is 0 Å². The van der Waals surface area contributed by atoms with Crippen LogP contribution in [0.3, 0.4) is 0 Å². The summed E-state index contributed by atoms with van der Waals surface area (Å²) in [6, 6.07) is 8.11. The molecule has 1 atom stereocenters. The smallest absolute Gasteiger partial charge is 0.221 e. The van der Waals surface area contributed by atoms with Crippen molar-refractivity contribution in [2.24, 2.45) is 0 Å². The molecule has 5 heteroatoms. The van der Waals surface area contributed by atoms with Gasteiger partial charge in [-0.1, -0.05) is 18.2 Å². The lowest BCUT2D eigenvalue weighted by Gasteiger charge is -2.23. The third kappa shape index (κ3) is 4.94. The average molecular weight is 318 g/mol. The highest BCUT2D eigenvalue weighted by atomic mass is 16.5. The summed E-state index contributed by atoms with van der Waals surface area (Å²) in [4.78, 5) is 12.1. The Morgan fingerprint density at radius 2 is 2.13 bits per heavy atom. The molecule has 1 saturated heterocycles. The zero-order chi connectivity index (χ0) is 15.9. The van der Waals surface area contributed by atoms with E-state index in [-0.39, 0.29) is 11.9 Å². The fraction of sp³-hybridized carbons (Fsp3) is 0.611. The van der Waals surface area contributed by atoms with Gasteiger partial charge in [0, 0.05) is 31.1 Å². The van der Waals surface area contributed by atoms with Gasteiger partial charge in [-0.15, -0.1) is 0 Å². The van der Waals surface area contributed by atoms with E-state index >= 15 is 0 Å². The number of ether oxygens (including phenoxy) is 2. The van der Waals surface area contributed by atoms with E-state index < -0.39 is 0 Å². The first kappa shape index (κ1) is 16.3. The molecule has 3 rings (SSSR count). The van der Waals surface area contributed by atoms with Crippen molar-refractivity contribution in [2.75, 3.05) is 19.8 Å². The van der Waals surface area contributed by atoms with Crippen LogP contribution in [-0.2, 0) is 16.1 Å². The van der Waals surface area contributed by atoms with Gasteiger partial charge in [0.25, 0.3) is 0 Å². The number of hydrogen-bond donors (Lipinski definition) is 2. The maximum absolute atomic E-state index is 12.1. The number of nitrogens with one attached hydrogen (secondary N) is 2. The highest BCUT2D eigenvalue weighted by Gasteiger charge is 2.19. The molecule has 2 fully saturated rings. The summed E-state index contributed by atoms with van der Waals surface area (Å²) in [6.45, 7) is 2.66. The van der Waals surface area contributed by atoms with Gasteiger partial charge >= 0.3 is 0 Å². The third-order valence-corrected chi connectivity index (χ3v) is 4.47. The van der Waals surface area contributed by atoms with Gasteiger partial charge in [-0.3, -0.25) is 4.79 Å². The molecule has 1 aromatic carbocycles. The van der Waals surface area contributed by atoms with Crippen LogP contribution in [0.25, 0.3) is 0 Å². The van der Waals surface area contributed by atoms with Crippen molar-refractivity contribution >= 4 is 5.91 Å². The standard InChI is InChI=1S/C18H26N2O3/c21-18(11-15-13-22-10-9-19-15)20-12-14-5-1-4-8-17(14)23-16-6-2-3-7-16/h1,4-5,8,15-16,19H,2-3,6-7,9-13H2,(H,20,21). The van der Waals surface area contributed by atoms with Gasteiger partial charge in [0.15, 0.2) is 0 Å². The maximum Gasteiger partial charge on any atom is 0.221 e. The van der Waals surface area contributed by atoms with E-state index in [0.717, 1.165) is 37.3 Å². The van der Waals surface area contributed by atoms with Gasteiger partial charge in [0.05, 0.1) is 19.3 Å². The molecule has 1 unspecified atom stereocenters. The molecule has 1 amide bonds. The predicted molar refractivity (Wildman–Crippen MR) is 88.4 cm³/mol. The van der Waals surface area contributed by atoms with Crippen molar-refractivity contribution in [3.63, 3.8) is 0 Å². The fourth-order valence-corrected chi connectivity index (χ4v) is 3.19. The Morgan fingerprint density at radius 3 is 2.91 bits per heavy atom. The number of carbonyl (C=O) groups is 1. The SMILES string of the molecule is O=C(CC1COCCN1)NCc1ccccc1OC1CCCC1. The second-order valence-electron chi connectivity index (χ2n) is 6.34. The molecule has 0 radical (unpaired) electrons. The molecule has 1 aromatic rings. The topological polar surface area (TPSA) is 59.6 Å². The monoisotopic (exact) mass is 318 g/mol. The fourth-order valence-electron chi connectivity index (χ4n) is 3.19. The van der Waals surface area contributed by atoms with E-state index in [2.05, 4.69) is 10.6 Å². The van der Waals surface area contributed by atoms with Crippen molar-refractivity contribution in [3.05, 3.63) is 29.8 Å². The second-order valence-corrected chi connectivity index (χ2v) is 6.34. The van der Waals surface area contributed by atoms with Crippen LogP contribution < -0.4 is 15.4 Å². The lowest BCUT2D eigenvalue weighted by atomic mass is 10.1. The Hall–Kier alpha value is -1.59. The zero-order valence-electron chi connectivity index (χ0n) is 13.6. The minimum Gasteiger partial charge on any atom is -0.490 e. The summed E-state index contributed by atoms with van der Waals surface area (Å²) < 4.78 is 11.5. The molecule has 23 heavy (non-hydrogen) atoms. The van der Waals surface area contributed by atoms with Crippen LogP contribution in [0.15, 0.2) is 24.3 Å². The maximum atomic E-state index is 12.1. The quantitative estimate of drug-likeness (QED) is 0.842. The number of hydrogen-bond acceptors (Lipinski definition) is 4. The first-order valence-electron chi connectivity index (χ1n) is 8.63. The van der Waals surface area contributed by atoms with Gasteiger partial charge in [-0.2, -0.15) is 0 Å². The van der Waals surface area contributed by atoms with Crippen LogP contribution in [0.4, 0.5) is 0 Å². The largest absolute Gasteiger partial charge is 0.490 e. The summed E-state index contributed by atoms with van der Waals surface area (Å²) in [7, 11) is 0. The summed E-state index contributed by atoms with van der Waals surface area (Å²) in [5.74, 6) is 0.947. The highest BCUT2D eigenvalue weighted by molar-refractivity contribution is 5.76. The number of rotatable bonds is 6. The molecule has 1 aliphatic carbocycles. The molecule has 2 aliphatic rings. The van der Waals surface area contributed by atoms with Gasteiger partial charge in [0.2, 0.25) is 5.91 Å². The minimum atomic E-state index is 0.0451. The van der Waals surface area contributed by atoms with E-state index in [9.17, 15) is 4.79 Å². The van der Waals surface area contributed by atoms with Gasteiger partial charge in [-0.25, -0.2) is 0 Å². The molecule has 126 valence electrons. The van der Waals surface area contributed by atoms with Crippen LogP contribution in [0.5, 0.6) is 5.75 Å². The zero-order valence-corrected chi connectivity index (χ0v) is 13.6. The molecular weight excluding hydrogens is 292 g/mol. The molecule has 0 bridgehead atoms. The Kier molecular flexibility index (Phi) is 5.88. The van der Waals surface area contributed by atoms with Crippen molar-refractivity contribution in [2.45, 2.75) is 50.8 Å². The first-order chi connectivity index (χ1) is 11.3. The molecule has 0 spiro atoms. The van der Waals surface area contributed by atoms with E-state index in [1.165, 1.54) is 12.8 Å². The summed E-state index contributed by atoms with van der Waals surface area (Å²) in [6.07, 6.45) is 5.55. The van der Waals surface area contributed by atoms with Crippen LogP contribution >= 0.6 is 0 Å². The Morgan fingerprint density at radius 1 is 1.30 bits per heavy atom. The average Bonchev–Trinajstić information content (AvgIpc) is 3.08. The number of para-hydroxylation sites is 1. The molecule has 0 aromatic heterocycles. The molecule has 5 nitrogen and oxygen atoms in total. The molecule has 2 N–H and O–H groups in total. The highest BCUT2D eigenvalue weighted by Crippen LogP contribution is 2.26. The van der Waals surface area contributed by atoms with E-state index in [0.29, 0.717) is 25.7 Å². The molecular formula is C18H26N2O3. The van der Waals surface area contributed by atoms with Gasteiger partial charge < -0.3 is 20.1 Å². The lowest BCUT2D eigenvalue weighted by Crippen LogP contribution is -2.44. The summed E-state index contributed by atoms with van der Waals surface area (Å²) >= 11 is 0. The molecule has 1 heterocycles. The van der Waals surface area contributed by atoms with E-state index in [4.69, 9.17) is 9.47 Å². The molecule has 1 aliphatic heterocycles. The predicted octanol–water partition coefficient (Wildman–Crippen LogP) is 2.00. The van der Waals surface area contributed by atoms with Crippen LogP contribution in [0.1, 0.15) is 37.7 Å². The summed E-state index contributed by atoms with van der Waals surface area (Å²) in [5, 5.41) is 6.29. The Bertz CT molecular complexity index is 509. The second kappa shape index (κ2) is 8.31. The van der Waals surface area contributed by atoms with E-state index in [1.54, 1.807) is 0 Å². The van der Waals surface area contributed by atoms with E-state index in [1.807, 2.05) is 24.3 Å². The van der Waals surface area contributed by atoms with Crippen molar-refractivity contribution < 1.29 is 14.3 Å². The van der Waals surface area contributed by atoms with Crippen molar-refractivity contribution in [1.82, 2.24) is 10.6 Å². The summed E-state index contributed by atoms with van der Waals surface area (Å²) in [5.41, 5.74) is 1.04. The number of carbonyl (C=O) groups excluding carboxylic acids is 1. The Labute approximate surface area is 137 Å². The van der Waals surface area contributed by atoms with Crippen LogP contribution in [0.2, 0.25) is 0 Å². The van der Waals surface area contributed by atoms with Gasteiger partial charge in [-0.05, 0) is 31.7 Å². The number of benzene rings is 1. The Balaban J connectivity index is 1.49.